The van der Waals surface area contributed by atoms with Gasteiger partial charge in [-0.1, -0.05) is 41.6 Å². The summed E-state index contributed by atoms with van der Waals surface area (Å²) < 4.78 is 0. The molecule has 120 valence electrons. The summed E-state index contributed by atoms with van der Waals surface area (Å²) in [5.74, 6) is -0.431. The Morgan fingerprint density at radius 3 is 2.57 bits per heavy atom. The molecule has 0 unspecified atom stereocenters. The van der Waals surface area contributed by atoms with Crippen LogP contribution in [-0.2, 0) is 4.79 Å². The summed E-state index contributed by atoms with van der Waals surface area (Å²) in [4.78, 5) is 24.8. The Hall–Kier alpha value is -2.18. The number of urea groups is 1. The second-order valence-corrected chi connectivity index (χ2v) is 6.09. The molecule has 0 fully saturated rings. The molecule has 0 aliphatic carbocycles. The first-order chi connectivity index (χ1) is 11.1. The number of halogens is 1. The first-order valence-corrected chi connectivity index (χ1v) is 8.06. The Kier molecular flexibility index (Phi) is 6.31. The van der Waals surface area contributed by atoms with Crippen LogP contribution in [0.3, 0.4) is 0 Å². The van der Waals surface area contributed by atoms with Crippen molar-refractivity contribution in [3.05, 3.63) is 53.6 Å². The van der Waals surface area contributed by atoms with Crippen molar-refractivity contribution in [2.24, 2.45) is 0 Å². The molecule has 0 heterocycles. The van der Waals surface area contributed by atoms with E-state index in [4.69, 9.17) is 11.6 Å². The molecule has 0 saturated carbocycles. The van der Waals surface area contributed by atoms with E-state index in [1.165, 1.54) is 7.05 Å². The summed E-state index contributed by atoms with van der Waals surface area (Å²) in [5.41, 5.74) is 0.735. The minimum atomic E-state index is -0.540. The molecule has 0 atom stereocenters. The molecule has 0 aliphatic rings. The molecule has 2 rings (SSSR count). The first kappa shape index (κ1) is 17.2. The number of anilines is 1. The van der Waals surface area contributed by atoms with Crippen molar-refractivity contribution in [3.63, 3.8) is 0 Å². The van der Waals surface area contributed by atoms with Gasteiger partial charge in [0.05, 0.1) is 12.2 Å². The van der Waals surface area contributed by atoms with Gasteiger partial charge in [-0.15, -0.1) is 0 Å². The number of carbonyl (C=O) groups is 2. The summed E-state index contributed by atoms with van der Waals surface area (Å²) in [6, 6.07) is 14.8. The van der Waals surface area contributed by atoms with Crippen LogP contribution in [-0.4, -0.2) is 25.5 Å². The molecule has 2 aromatic rings. The third-order valence-electron chi connectivity index (χ3n) is 2.83. The predicted molar refractivity (Wildman–Crippen MR) is 93.1 cm³/mol. The van der Waals surface area contributed by atoms with Crippen LogP contribution in [0.4, 0.5) is 10.5 Å². The van der Waals surface area contributed by atoms with Crippen molar-refractivity contribution in [2.75, 3.05) is 18.9 Å². The van der Waals surface area contributed by atoms with Crippen LogP contribution < -0.4 is 16.0 Å². The highest BCUT2D eigenvalue weighted by Gasteiger charge is 2.09. The zero-order valence-electron chi connectivity index (χ0n) is 12.4. The highest BCUT2D eigenvalue weighted by molar-refractivity contribution is 7.99. The van der Waals surface area contributed by atoms with Gasteiger partial charge in [-0.25, -0.2) is 4.79 Å². The van der Waals surface area contributed by atoms with Crippen molar-refractivity contribution in [1.29, 1.82) is 0 Å². The van der Waals surface area contributed by atoms with E-state index in [2.05, 4.69) is 16.0 Å². The molecule has 2 aromatic carbocycles. The SMILES string of the molecule is CNC(=O)NC(=O)CNc1cc(Cl)ccc1Sc1ccccc1. The Morgan fingerprint density at radius 2 is 1.87 bits per heavy atom. The predicted octanol–water partition coefficient (Wildman–Crippen LogP) is 3.36. The monoisotopic (exact) mass is 349 g/mol. The third kappa shape index (κ3) is 5.50. The number of hydrogen-bond acceptors (Lipinski definition) is 4. The number of hydrogen-bond donors (Lipinski definition) is 3. The molecular formula is C16H16ClN3O2S. The van der Waals surface area contributed by atoms with Gasteiger partial charge in [0, 0.05) is 21.9 Å². The van der Waals surface area contributed by atoms with Crippen molar-refractivity contribution in [1.82, 2.24) is 10.6 Å². The van der Waals surface area contributed by atoms with E-state index >= 15 is 0 Å². The molecule has 0 aromatic heterocycles. The van der Waals surface area contributed by atoms with Crippen LogP contribution in [0.1, 0.15) is 0 Å². The molecule has 7 heteroatoms. The average Bonchev–Trinajstić information content (AvgIpc) is 2.56. The van der Waals surface area contributed by atoms with Crippen molar-refractivity contribution in [2.45, 2.75) is 9.79 Å². The van der Waals surface area contributed by atoms with Crippen molar-refractivity contribution < 1.29 is 9.59 Å². The van der Waals surface area contributed by atoms with Gasteiger partial charge in [-0.3, -0.25) is 10.1 Å². The van der Waals surface area contributed by atoms with E-state index in [0.29, 0.717) is 5.02 Å². The van der Waals surface area contributed by atoms with Gasteiger partial charge in [-0.05, 0) is 30.3 Å². The molecule has 0 saturated heterocycles. The Balaban J connectivity index is 2.07. The maximum absolute atomic E-state index is 11.7. The highest BCUT2D eigenvalue weighted by Crippen LogP contribution is 2.34. The van der Waals surface area contributed by atoms with Crippen LogP contribution in [0, 0.1) is 0 Å². The number of rotatable bonds is 5. The van der Waals surface area contributed by atoms with Gasteiger partial charge in [0.25, 0.3) is 0 Å². The Morgan fingerprint density at radius 1 is 1.13 bits per heavy atom. The summed E-state index contributed by atoms with van der Waals surface area (Å²) >= 11 is 7.59. The number of benzene rings is 2. The maximum Gasteiger partial charge on any atom is 0.321 e. The molecule has 5 nitrogen and oxygen atoms in total. The summed E-state index contributed by atoms with van der Waals surface area (Å²) in [6.07, 6.45) is 0. The number of carbonyl (C=O) groups excluding carboxylic acids is 2. The van der Waals surface area contributed by atoms with Crippen molar-refractivity contribution in [3.8, 4) is 0 Å². The number of amides is 3. The van der Waals surface area contributed by atoms with E-state index < -0.39 is 11.9 Å². The molecule has 3 amide bonds. The van der Waals surface area contributed by atoms with E-state index in [0.717, 1.165) is 15.5 Å². The van der Waals surface area contributed by atoms with Gasteiger partial charge < -0.3 is 10.6 Å². The van der Waals surface area contributed by atoms with Gasteiger partial charge in [0.15, 0.2) is 0 Å². The van der Waals surface area contributed by atoms with Crippen LogP contribution in [0.2, 0.25) is 5.02 Å². The van der Waals surface area contributed by atoms with Gasteiger partial charge in [0.1, 0.15) is 0 Å². The molecule has 0 radical (unpaired) electrons. The maximum atomic E-state index is 11.7. The highest BCUT2D eigenvalue weighted by atomic mass is 35.5. The second-order valence-electron chi connectivity index (χ2n) is 4.54. The smallest absolute Gasteiger partial charge is 0.321 e. The number of imide groups is 1. The lowest BCUT2D eigenvalue weighted by atomic mass is 10.3. The Bertz CT molecular complexity index is 695. The third-order valence-corrected chi connectivity index (χ3v) is 4.15. The zero-order chi connectivity index (χ0) is 16.7. The largest absolute Gasteiger partial charge is 0.375 e. The van der Waals surface area contributed by atoms with E-state index in [9.17, 15) is 9.59 Å². The topological polar surface area (TPSA) is 70.2 Å². The minimum absolute atomic E-state index is 0.0316. The summed E-state index contributed by atoms with van der Waals surface area (Å²) in [5, 5.41) is 8.09. The van der Waals surface area contributed by atoms with Gasteiger partial charge >= 0.3 is 6.03 Å². The lowest BCUT2D eigenvalue weighted by Crippen LogP contribution is -2.40. The zero-order valence-corrected chi connectivity index (χ0v) is 14.0. The van der Waals surface area contributed by atoms with Crippen LogP contribution in [0.15, 0.2) is 58.3 Å². The van der Waals surface area contributed by atoms with E-state index in [1.54, 1.807) is 23.9 Å². The van der Waals surface area contributed by atoms with Crippen LogP contribution in [0.5, 0.6) is 0 Å². The van der Waals surface area contributed by atoms with Gasteiger partial charge in [0.2, 0.25) is 5.91 Å². The fourth-order valence-electron chi connectivity index (χ4n) is 1.75. The van der Waals surface area contributed by atoms with Crippen LogP contribution in [0.25, 0.3) is 0 Å². The molecule has 0 bridgehead atoms. The van der Waals surface area contributed by atoms with E-state index in [1.807, 2.05) is 36.4 Å². The lowest BCUT2D eigenvalue weighted by molar-refractivity contribution is -0.118. The summed E-state index contributed by atoms with van der Waals surface area (Å²) in [7, 11) is 1.45. The molecule has 3 N–H and O–H groups in total. The van der Waals surface area contributed by atoms with E-state index in [-0.39, 0.29) is 6.54 Å². The second kappa shape index (κ2) is 8.45. The fraction of sp³-hybridized carbons (Fsp3) is 0.125. The summed E-state index contributed by atoms with van der Waals surface area (Å²) in [6.45, 7) is -0.0316. The lowest BCUT2D eigenvalue weighted by Gasteiger charge is -2.12. The quantitative estimate of drug-likeness (QED) is 0.774. The molecule has 0 spiro atoms. The Labute approximate surface area is 143 Å². The van der Waals surface area contributed by atoms with Gasteiger partial charge in [-0.2, -0.15) is 0 Å². The standard InChI is InChI=1S/C16H16ClN3O2S/c1-18-16(22)20-15(21)10-19-13-9-11(17)7-8-14(13)23-12-5-3-2-4-6-12/h2-9,19H,10H2,1H3,(H2,18,20,21,22). The average molecular weight is 350 g/mol. The molecule has 23 heavy (non-hydrogen) atoms. The molecule has 0 aliphatic heterocycles. The first-order valence-electron chi connectivity index (χ1n) is 6.86. The van der Waals surface area contributed by atoms with Crippen molar-refractivity contribution >= 4 is 41.0 Å². The van der Waals surface area contributed by atoms with Crippen LogP contribution >= 0.6 is 23.4 Å². The number of nitrogens with one attached hydrogen (secondary N) is 3. The minimum Gasteiger partial charge on any atom is -0.375 e. The fourth-order valence-corrected chi connectivity index (χ4v) is 2.85. The normalized spacial score (nSPS) is 10.0. The molecular weight excluding hydrogens is 334 g/mol.